The summed E-state index contributed by atoms with van der Waals surface area (Å²) in [5.41, 5.74) is 1.70. The number of benzene rings is 3. The zero-order valence-electron chi connectivity index (χ0n) is 20.9. The molecule has 1 amide bonds. The first-order valence-electron chi connectivity index (χ1n) is 11.6. The van der Waals surface area contributed by atoms with Crippen LogP contribution < -0.4 is 14.8 Å². The number of amides is 1. The van der Waals surface area contributed by atoms with Crippen LogP contribution in [0.5, 0.6) is 11.5 Å². The lowest BCUT2D eigenvalue weighted by Crippen LogP contribution is -2.17. The average Bonchev–Trinajstić information content (AvgIpc) is 2.90. The largest absolute Gasteiger partial charge is 0.497 e. The number of carbonyl (C=O) groups excluding carboxylic acids is 1. The molecule has 9 heteroatoms. The topological polar surface area (TPSA) is 73.3 Å². The Balaban J connectivity index is 1.79. The molecule has 0 atom stereocenters. The van der Waals surface area contributed by atoms with Crippen LogP contribution >= 0.6 is 0 Å². The van der Waals surface area contributed by atoms with Gasteiger partial charge in [-0.25, -0.2) is 9.97 Å². The van der Waals surface area contributed by atoms with Crippen LogP contribution in [0.25, 0.3) is 22.2 Å². The number of anilines is 1. The number of fused-ring (bicyclic) bond motifs is 1. The first-order valence-corrected chi connectivity index (χ1v) is 11.6. The van der Waals surface area contributed by atoms with E-state index in [0.717, 1.165) is 23.3 Å². The molecule has 0 aliphatic carbocycles. The van der Waals surface area contributed by atoms with E-state index in [1.54, 1.807) is 18.2 Å². The first kappa shape index (κ1) is 26.5. The fourth-order valence-electron chi connectivity index (χ4n) is 3.81. The van der Waals surface area contributed by atoms with Crippen molar-refractivity contribution in [2.45, 2.75) is 25.9 Å². The summed E-state index contributed by atoms with van der Waals surface area (Å²) >= 11 is 0. The summed E-state index contributed by atoms with van der Waals surface area (Å²) in [6.07, 6.45) is 0.679. The van der Waals surface area contributed by atoms with Crippen LogP contribution in [0.3, 0.4) is 0 Å². The summed E-state index contributed by atoms with van der Waals surface area (Å²) in [6.45, 7) is 4.23. The van der Waals surface area contributed by atoms with Crippen LogP contribution in [-0.2, 0) is 6.18 Å². The Morgan fingerprint density at radius 2 is 1.76 bits per heavy atom. The molecule has 0 fully saturated rings. The highest BCUT2D eigenvalue weighted by molar-refractivity contribution is 6.04. The van der Waals surface area contributed by atoms with Crippen LogP contribution in [0, 0.1) is 12.3 Å². The van der Waals surface area contributed by atoms with Gasteiger partial charge in [0.05, 0.1) is 23.9 Å². The third kappa shape index (κ3) is 5.86. The van der Waals surface area contributed by atoms with Gasteiger partial charge < -0.3 is 14.8 Å². The molecule has 4 aromatic rings. The van der Waals surface area contributed by atoms with Crippen LogP contribution in [-0.4, -0.2) is 29.6 Å². The Morgan fingerprint density at radius 1 is 1.03 bits per heavy atom. The smallest absolute Gasteiger partial charge is 0.416 e. The van der Waals surface area contributed by atoms with Gasteiger partial charge in [-0.15, -0.1) is 6.42 Å². The van der Waals surface area contributed by atoms with Gasteiger partial charge in [-0.1, -0.05) is 44.0 Å². The fraction of sp³-hybridized carbons (Fsp3) is 0.207. The van der Waals surface area contributed by atoms with Gasteiger partial charge in [0.15, 0.2) is 0 Å². The van der Waals surface area contributed by atoms with Gasteiger partial charge >= 0.3 is 6.18 Å². The lowest BCUT2D eigenvalue weighted by molar-refractivity contribution is -0.137. The molecule has 1 aromatic heterocycles. The monoisotopic (exact) mass is 519 g/mol. The molecule has 6 nitrogen and oxygen atoms in total. The Hall–Kier alpha value is -4.58. The quantitative estimate of drug-likeness (QED) is 0.275. The summed E-state index contributed by atoms with van der Waals surface area (Å²) < 4.78 is 50.5. The maximum Gasteiger partial charge on any atom is 0.416 e. The lowest BCUT2D eigenvalue weighted by atomic mass is 9.99. The predicted molar refractivity (Wildman–Crippen MR) is 139 cm³/mol. The molecule has 1 heterocycles. The molecule has 0 aliphatic heterocycles. The number of hydrogen-bond donors (Lipinski definition) is 1. The van der Waals surface area contributed by atoms with E-state index in [1.165, 1.54) is 13.2 Å². The summed E-state index contributed by atoms with van der Waals surface area (Å²) in [5, 5.41) is 3.08. The maximum atomic E-state index is 13.3. The molecule has 0 bridgehead atoms. The molecule has 0 unspecified atom stereocenters. The van der Waals surface area contributed by atoms with Gasteiger partial charge in [-0.05, 0) is 41.8 Å². The van der Waals surface area contributed by atoms with Gasteiger partial charge in [0.2, 0.25) is 5.82 Å². The number of nitrogens with one attached hydrogen (secondary N) is 1. The van der Waals surface area contributed by atoms with Crippen molar-refractivity contribution in [3.63, 3.8) is 0 Å². The number of carbonyl (C=O) groups is 1. The summed E-state index contributed by atoms with van der Waals surface area (Å²) in [6, 6.07) is 15.8. The van der Waals surface area contributed by atoms with Crippen molar-refractivity contribution >= 4 is 22.5 Å². The second-order valence-corrected chi connectivity index (χ2v) is 8.75. The van der Waals surface area contributed by atoms with Crippen LogP contribution in [0.15, 0.2) is 60.7 Å². The van der Waals surface area contributed by atoms with Crippen molar-refractivity contribution in [3.8, 4) is 35.1 Å². The minimum absolute atomic E-state index is 0.0556. The van der Waals surface area contributed by atoms with Crippen molar-refractivity contribution in [2.75, 3.05) is 19.0 Å². The highest BCUT2D eigenvalue weighted by Gasteiger charge is 2.31. The van der Waals surface area contributed by atoms with E-state index in [0.29, 0.717) is 28.3 Å². The number of rotatable bonds is 7. The number of hydrogen-bond acceptors (Lipinski definition) is 5. The van der Waals surface area contributed by atoms with Crippen LogP contribution in [0.2, 0.25) is 0 Å². The first-order chi connectivity index (χ1) is 18.1. The van der Waals surface area contributed by atoms with Gasteiger partial charge in [-0.3, -0.25) is 4.79 Å². The van der Waals surface area contributed by atoms with E-state index < -0.39 is 17.6 Å². The van der Waals surface area contributed by atoms with Crippen LogP contribution in [0.4, 0.5) is 18.9 Å². The number of terminal acetylenes is 1. The predicted octanol–water partition coefficient (Wildman–Crippen LogP) is 6.71. The number of aromatic nitrogens is 2. The van der Waals surface area contributed by atoms with Crippen molar-refractivity contribution in [2.24, 2.45) is 0 Å². The Bertz CT molecular complexity index is 1520. The highest BCUT2D eigenvalue weighted by atomic mass is 19.4. The molecule has 0 aliphatic rings. The molecule has 38 heavy (non-hydrogen) atoms. The zero-order valence-corrected chi connectivity index (χ0v) is 20.9. The van der Waals surface area contributed by atoms with Gasteiger partial charge in [-0.2, -0.15) is 13.2 Å². The molecule has 0 radical (unpaired) electrons. The van der Waals surface area contributed by atoms with E-state index in [-0.39, 0.29) is 23.9 Å². The molecular formula is C29H24F3N3O3. The maximum absolute atomic E-state index is 13.3. The van der Waals surface area contributed by atoms with Crippen LogP contribution in [0.1, 0.15) is 41.5 Å². The van der Waals surface area contributed by atoms with E-state index in [1.807, 2.05) is 24.3 Å². The van der Waals surface area contributed by atoms with Crippen molar-refractivity contribution in [1.29, 1.82) is 0 Å². The molecule has 3 aromatic carbocycles. The number of halogens is 3. The summed E-state index contributed by atoms with van der Waals surface area (Å²) in [4.78, 5) is 22.0. The lowest BCUT2D eigenvalue weighted by Gasteiger charge is -2.14. The average molecular weight is 520 g/mol. The minimum atomic E-state index is -4.62. The molecule has 0 saturated carbocycles. The Morgan fingerprint density at radius 3 is 2.39 bits per heavy atom. The molecule has 0 saturated heterocycles. The number of methoxy groups -OCH3 is 1. The third-order valence-electron chi connectivity index (χ3n) is 5.77. The fourth-order valence-corrected chi connectivity index (χ4v) is 3.81. The Labute approximate surface area is 217 Å². The van der Waals surface area contributed by atoms with Gasteiger partial charge in [0.1, 0.15) is 18.1 Å². The van der Waals surface area contributed by atoms with E-state index in [2.05, 4.69) is 35.1 Å². The second-order valence-electron chi connectivity index (χ2n) is 8.75. The standard InChI is InChI=1S/C29H24F3N3O3/c1-5-12-38-22-10-11-25-24(16-22)26(19-8-6-18(7-9-19)17(2)3)35-27(34-25)28(36)33-21-13-20(29(30,31)32)14-23(15-21)37-4/h1,6-11,13-17H,12H2,2-4H3,(H,33,36). The number of nitrogens with zero attached hydrogens (tertiary/aromatic N) is 2. The molecule has 1 N–H and O–H groups in total. The third-order valence-corrected chi connectivity index (χ3v) is 5.77. The van der Waals surface area contributed by atoms with E-state index in [4.69, 9.17) is 15.9 Å². The highest BCUT2D eigenvalue weighted by Crippen LogP contribution is 2.35. The van der Waals surface area contributed by atoms with E-state index >= 15 is 0 Å². The second kappa shape index (κ2) is 10.8. The molecular weight excluding hydrogens is 495 g/mol. The molecule has 0 spiro atoms. The van der Waals surface area contributed by atoms with Gasteiger partial charge in [0, 0.05) is 22.7 Å². The zero-order chi connectivity index (χ0) is 27.4. The minimum Gasteiger partial charge on any atom is -0.497 e. The van der Waals surface area contributed by atoms with Crippen molar-refractivity contribution < 1.29 is 27.4 Å². The molecule has 4 rings (SSSR count). The van der Waals surface area contributed by atoms with Gasteiger partial charge in [0.25, 0.3) is 5.91 Å². The summed E-state index contributed by atoms with van der Waals surface area (Å²) in [7, 11) is 1.24. The SMILES string of the molecule is C#CCOc1ccc2nc(C(=O)Nc3cc(OC)cc(C(F)(F)F)c3)nc(-c3ccc(C(C)C)cc3)c2c1. The van der Waals surface area contributed by atoms with E-state index in [9.17, 15) is 18.0 Å². The van der Waals surface area contributed by atoms with Crippen molar-refractivity contribution in [1.82, 2.24) is 9.97 Å². The van der Waals surface area contributed by atoms with Crippen molar-refractivity contribution in [3.05, 3.63) is 77.6 Å². The number of alkyl halides is 3. The number of ether oxygens (including phenoxy) is 2. The normalized spacial score (nSPS) is 11.3. The Kier molecular flexibility index (Phi) is 7.53. The summed E-state index contributed by atoms with van der Waals surface area (Å²) in [5.74, 6) is 2.19. The molecule has 194 valence electrons.